The van der Waals surface area contributed by atoms with E-state index in [0.717, 1.165) is 16.0 Å². The van der Waals surface area contributed by atoms with E-state index in [-0.39, 0.29) is 11.6 Å². The fraction of sp³-hybridized carbons (Fsp3) is 0.111. The number of methoxy groups -OCH3 is 2. The first-order valence-corrected chi connectivity index (χ1v) is 10.9. The highest BCUT2D eigenvalue weighted by Gasteiger charge is 2.14. The molecule has 1 heterocycles. The van der Waals surface area contributed by atoms with Crippen molar-refractivity contribution in [2.45, 2.75) is 6.92 Å². The van der Waals surface area contributed by atoms with E-state index in [9.17, 15) is 9.59 Å². The van der Waals surface area contributed by atoms with Gasteiger partial charge in [-0.05, 0) is 42.7 Å². The number of carbonyl (C=O) groups is 2. The lowest BCUT2D eigenvalue weighted by Gasteiger charge is -2.12. The number of rotatable bonds is 7. The van der Waals surface area contributed by atoms with Crippen LogP contribution in [0, 0.1) is 0 Å². The second kappa shape index (κ2) is 9.20. The Morgan fingerprint density at radius 3 is 2.19 bits per heavy atom. The van der Waals surface area contributed by atoms with Crippen LogP contribution in [0.3, 0.4) is 0 Å². The van der Waals surface area contributed by atoms with Crippen LogP contribution in [0.1, 0.15) is 33.2 Å². The molecule has 0 N–H and O–H groups in total. The lowest BCUT2D eigenvalue weighted by Crippen LogP contribution is -1.97. The molecule has 0 fully saturated rings. The summed E-state index contributed by atoms with van der Waals surface area (Å²) in [6, 6.07) is 20.8. The molecule has 3 aromatic carbocycles. The summed E-state index contributed by atoms with van der Waals surface area (Å²) in [5.41, 5.74) is 2.81. The maximum absolute atomic E-state index is 12.7. The lowest BCUT2D eigenvalue weighted by atomic mass is 10.0. The fourth-order valence-corrected chi connectivity index (χ4v) is 4.58. The van der Waals surface area contributed by atoms with E-state index in [0.29, 0.717) is 22.6 Å². The number of carbonyl (C=O) groups excluding carboxylic acids is 2. The van der Waals surface area contributed by atoms with Gasteiger partial charge in [0.2, 0.25) is 0 Å². The standard InChI is InChI=1S/C27H22O4S/c1-17(28)18-8-10-19(11-9-18)23(29)13-12-20-14-22(25(31-3)16-24(20)30-2)27-15-21-6-4-5-7-26(21)32-27/h4-16H,1-3H3. The summed E-state index contributed by atoms with van der Waals surface area (Å²) in [4.78, 5) is 25.2. The average Bonchev–Trinajstić information content (AvgIpc) is 3.26. The molecule has 0 saturated heterocycles. The Morgan fingerprint density at radius 1 is 0.844 bits per heavy atom. The predicted octanol–water partition coefficient (Wildman–Crippen LogP) is 6.68. The van der Waals surface area contributed by atoms with E-state index < -0.39 is 0 Å². The van der Waals surface area contributed by atoms with Crippen LogP contribution in [0.15, 0.2) is 72.8 Å². The summed E-state index contributed by atoms with van der Waals surface area (Å²) in [5.74, 6) is 1.14. The van der Waals surface area contributed by atoms with Gasteiger partial charge in [0, 0.05) is 37.9 Å². The molecule has 0 unspecified atom stereocenters. The maximum Gasteiger partial charge on any atom is 0.185 e. The van der Waals surface area contributed by atoms with Gasteiger partial charge >= 0.3 is 0 Å². The molecule has 0 radical (unpaired) electrons. The number of fused-ring (bicyclic) bond motifs is 1. The molecular formula is C27H22O4S. The number of hydrogen-bond donors (Lipinski definition) is 0. The summed E-state index contributed by atoms with van der Waals surface area (Å²) in [5, 5.41) is 1.17. The highest BCUT2D eigenvalue weighted by molar-refractivity contribution is 7.22. The molecule has 0 saturated carbocycles. The third-order valence-electron chi connectivity index (χ3n) is 5.23. The molecule has 4 aromatic rings. The number of Topliss-reactive ketones (excluding diaryl/α,β-unsaturated/α-hetero) is 1. The first-order valence-electron chi connectivity index (χ1n) is 10.1. The van der Waals surface area contributed by atoms with E-state index in [4.69, 9.17) is 9.47 Å². The number of allylic oxidation sites excluding steroid dienone is 1. The van der Waals surface area contributed by atoms with Gasteiger partial charge in [0.05, 0.1) is 14.2 Å². The van der Waals surface area contributed by atoms with Crippen LogP contribution < -0.4 is 9.47 Å². The minimum Gasteiger partial charge on any atom is -0.496 e. The van der Waals surface area contributed by atoms with Crippen LogP contribution in [0.2, 0.25) is 0 Å². The second-order valence-electron chi connectivity index (χ2n) is 7.27. The van der Waals surface area contributed by atoms with Crippen molar-refractivity contribution in [3.05, 3.63) is 89.5 Å². The third-order valence-corrected chi connectivity index (χ3v) is 6.38. The number of hydrogen-bond acceptors (Lipinski definition) is 5. The quantitative estimate of drug-likeness (QED) is 0.236. The summed E-state index contributed by atoms with van der Waals surface area (Å²) >= 11 is 1.69. The Labute approximate surface area is 190 Å². The van der Waals surface area contributed by atoms with Gasteiger partial charge in [-0.2, -0.15) is 0 Å². The highest BCUT2D eigenvalue weighted by Crippen LogP contribution is 2.41. The van der Waals surface area contributed by atoms with Crippen molar-refractivity contribution >= 4 is 39.1 Å². The Kier molecular flexibility index (Phi) is 6.19. The molecule has 5 heteroatoms. The van der Waals surface area contributed by atoms with E-state index in [2.05, 4.69) is 18.2 Å². The van der Waals surface area contributed by atoms with Gasteiger partial charge in [0.25, 0.3) is 0 Å². The average molecular weight is 443 g/mol. The van der Waals surface area contributed by atoms with Crippen molar-refractivity contribution in [1.29, 1.82) is 0 Å². The SMILES string of the molecule is COc1cc(OC)c(-c2cc3ccccc3s2)cc1C=CC(=O)c1ccc(C(C)=O)cc1. The molecule has 0 spiro atoms. The summed E-state index contributed by atoms with van der Waals surface area (Å²) in [7, 11) is 3.23. The van der Waals surface area contributed by atoms with Crippen molar-refractivity contribution in [2.75, 3.05) is 14.2 Å². The Bertz CT molecular complexity index is 1300. The van der Waals surface area contributed by atoms with E-state index in [1.165, 1.54) is 23.1 Å². The van der Waals surface area contributed by atoms with E-state index >= 15 is 0 Å². The molecule has 0 aliphatic carbocycles. The number of thiophene rings is 1. The second-order valence-corrected chi connectivity index (χ2v) is 8.36. The maximum atomic E-state index is 12.7. The molecule has 0 aliphatic rings. The van der Waals surface area contributed by atoms with Crippen molar-refractivity contribution < 1.29 is 19.1 Å². The van der Waals surface area contributed by atoms with Crippen LogP contribution in [-0.4, -0.2) is 25.8 Å². The summed E-state index contributed by atoms with van der Waals surface area (Å²) in [6.07, 6.45) is 3.26. The molecule has 0 amide bonds. The minimum atomic E-state index is -0.151. The van der Waals surface area contributed by atoms with E-state index in [1.54, 1.807) is 55.9 Å². The monoisotopic (exact) mass is 442 g/mol. The van der Waals surface area contributed by atoms with Crippen molar-refractivity contribution in [3.8, 4) is 21.9 Å². The molecule has 4 rings (SSSR count). The Morgan fingerprint density at radius 2 is 1.53 bits per heavy atom. The van der Waals surface area contributed by atoms with Crippen LogP contribution >= 0.6 is 11.3 Å². The van der Waals surface area contributed by atoms with Gasteiger partial charge in [0.1, 0.15) is 11.5 Å². The van der Waals surface area contributed by atoms with Crippen molar-refractivity contribution in [1.82, 2.24) is 0 Å². The summed E-state index contributed by atoms with van der Waals surface area (Å²) in [6.45, 7) is 1.50. The van der Waals surface area contributed by atoms with Crippen LogP contribution in [0.5, 0.6) is 11.5 Å². The van der Waals surface area contributed by atoms with Gasteiger partial charge in [-0.15, -0.1) is 11.3 Å². The van der Waals surface area contributed by atoms with Gasteiger partial charge < -0.3 is 9.47 Å². The zero-order chi connectivity index (χ0) is 22.7. The number of ketones is 2. The minimum absolute atomic E-state index is 0.0312. The van der Waals surface area contributed by atoms with Crippen LogP contribution in [0.4, 0.5) is 0 Å². The Hall–Kier alpha value is -3.70. The van der Waals surface area contributed by atoms with Gasteiger partial charge in [-0.1, -0.05) is 42.5 Å². The molecule has 4 nitrogen and oxygen atoms in total. The number of ether oxygens (including phenoxy) is 2. The molecule has 0 bridgehead atoms. The fourth-order valence-electron chi connectivity index (χ4n) is 3.49. The normalized spacial score (nSPS) is 11.1. The topological polar surface area (TPSA) is 52.6 Å². The predicted molar refractivity (Wildman–Crippen MR) is 130 cm³/mol. The van der Waals surface area contributed by atoms with Crippen molar-refractivity contribution in [3.63, 3.8) is 0 Å². The lowest BCUT2D eigenvalue weighted by molar-refractivity contribution is 0.101. The smallest absolute Gasteiger partial charge is 0.185 e. The Balaban J connectivity index is 1.70. The van der Waals surface area contributed by atoms with Gasteiger partial charge in [0.15, 0.2) is 11.6 Å². The molecule has 0 atom stereocenters. The first-order chi connectivity index (χ1) is 15.5. The third kappa shape index (κ3) is 4.34. The summed E-state index contributed by atoms with van der Waals surface area (Å²) < 4.78 is 12.4. The number of benzene rings is 3. The van der Waals surface area contributed by atoms with Crippen molar-refractivity contribution in [2.24, 2.45) is 0 Å². The molecule has 1 aromatic heterocycles. The van der Waals surface area contributed by atoms with Gasteiger partial charge in [-0.3, -0.25) is 9.59 Å². The molecule has 0 aliphatic heterocycles. The largest absolute Gasteiger partial charge is 0.496 e. The highest BCUT2D eigenvalue weighted by atomic mass is 32.1. The van der Waals surface area contributed by atoms with Gasteiger partial charge in [-0.25, -0.2) is 0 Å². The van der Waals surface area contributed by atoms with E-state index in [1.807, 2.05) is 24.3 Å². The zero-order valence-electron chi connectivity index (χ0n) is 18.0. The molecule has 32 heavy (non-hydrogen) atoms. The van der Waals surface area contributed by atoms with Crippen LogP contribution in [0.25, 0.3) is 26.6 Å². The molecule has 160 valence electrons. The zero-order valence-corrected chi connectivity index (χ0v) is 18.9. The van der Waals surface area contributed by atoms with Crippen LogP contribution in [-0.2, 0) is 0 Å². The molecular weight excluding hydrogens is 420 g/mol. The first kappa shape index (κ1) is 21.5.